The highest BCUT2D eigenvalue weighted by Gasteiger charge is 2.23. The highest BCUT2D eigenvalue weighted by Crippen LogP contribution is 2.29. The van der Waals surface area contributed by atoms with E-state index >= 15 is 0 Å². The molecule has 0 saturated heterocycles. The van der Waals surface area contributed by atoms with Crippen molar-refractivity contribution in [1.82, 2.24) is 19.9 Å². The number of pyridine rings is 1. The van der Waals surface area contributed by atoms with E-state index in [0.717, 1.165) is 5.65 Å². The number of benzene rings is 1. The fraction of sp³-hybridized carbons (Fsp3) is 0.300. The number of carbonyl (C=O) groups excluding carboxylic acids is 2. The average Bonchev–Trinajstić information content (AvgIpc) is 3.10. The van der Waals surface area contributed by atoms with Gasteiger partial charge in [-0.1, -0.05) is 19.9 Å². The molecule has 8 nitrogen and oxygen atoms in total. The number of hydrogen-bond donors (Lipinski definition) is 2. The molecule has 1 atom stereocenters. The van der Waals surface area contributed by atoms with Crippen molar-refractivity contribution in [3.05, 3.63) is 54.0 Å². The molecule has 28 heavy (non-hydrogen) atoms. The number of aromatic nitrogens is 3. The fourth-order valence-electron chi connectivity index (χ4n) is 3.26. The van der Waals surface area contributed by atoms with Gasteiger partial charge in [-0.05, 0) is 42.7 Å². The number of ether oxygens (including phenoxy) is 1. The maximum absolute atomic E-state index is 12.9. The summed E-state index contributed by atoms with van der Waals surface area (Å²) in [4.78, 5) is 24.4. The van der Waals surface area contributed by atoms with Gasteiger partial charge >= 0.3 is 0 Å². The van der Waals surface area contributed by atoms with Crippen molar-refractivity contribution in [3.63, 3.8) is 0 Å². The summed E-state index contributed by atoms with van der Waals surface area (Å²) in [5, 5.41) is 14.3. The highest BCUT2D eigenvalue weighted by atomic mass is 16.5. The van der Waals surface area contributed by atoms with Crippen LogP contribution in [0.25, 0.3) is 5.65 Å². The van der Waals surface area contributed by atoms with E-state index < -0.39 is 0 Å². The Bertz CT molecular complexity index is 1040. The summed E-state index contributed by atoms with van der Waals surface area (Å²) < 4.78 is 7.23. The lowest BCUT2D eigenvalue weighted by Crippen LogP contribution is -2.31. The van der Waals surface area contributed by atoms with Gasteiger partial charge in [0, 0.05) is 11.8 Å². The van der Waals surface area contributed by atoms with Crippen LogP contribution in [-0.2, 0) is 4.79 Å². The lowest BCUT2D eigenvalue weighted by atomic mass is 10.0. The quantitative estimate of drug-likeness (QED) is 0.710. The van der Waals surface area contributed by atoms with Crippen molar-refractivity contribution in [3.8, 4) is 5.75 Å². The zero-order valence-electron chi connectivity index (χ0n) is 15.7. The maximum atomic E-state index is 12.9. The van der Waals surface area contributed by atoms with Crippen molar-refractivity contribution in [2.45, 2.75) is 26.3 Å². The first-order valence-electron chi connectivity index (χ1n) is 9.18. The zero-order valence-corrected chi connectivity index (χ0v) is 15.7. The second-order valence-corrected chi connectivity index (χ2v) is 7.19. The van der Waals surface area contributed by atoms with Gasteiger partial charge in [0.1, 0.15) is 5.75 Å². The molecule has 0 aliphatic carbocycles. The molecule has 0 unspecified atom stereocenters. The SMILES string of the molecule is CC(C)C[C@@H](NC(=O)c1ccc2c(c1)NC(=O)CO2)c1nnc2ccccn12. The van der Waals surface area contributed by atoms with Crippen LogP contribution < -0.4 is 15.4 Å². The van der Waals surface area contributed by atoms with Crippen LogP contribution in [0.4, 0.5) is 5.69 Å². The molecule has 0 radical (unpaired) electrons. The van der Waals surface area contributed by atoms with E-state index in [-0.39, 0.29) is 24.5 Å². The van der Waals surface area contributed by atoms with E-state index in [1.54, 1.807) is 18.2 Å². The molecule has 8 heteroatoms. The maximum Gasteiger partial charge on any atom is 0.262 e. The van der Waals surface area contributed by atoms with E-state index in [0.29, 0.717) is 35.2 Å². The minimum Gasteiger partial charge on any atom is -0.482 e. The number of rotatable bonds is 5. The molecule has 0 bridgehead atoms. The topological polar surface area (TPSA) is 97.6 Å². The molecule has 4 rings (SSSR count). The predicted octanol–water partition coefficient (Wildman–Crippen LogP) is 2.58. The molecule has 2 aromatic heterocycles. The molecule has 0 saturated carbocycles. The molecule has 0 spiro atoms. The summed E-state index contributed by atoms with van der Waals surface area (Å²) in [7, 11) is 0. The zero-order chi connectivity index (χ0) is 19.7. The van der Waals surface area contributed by atoms with Gasteiger partial charge in [-0.3, -0.25) is 14.0 Å². The van der Waals surface area contributed by atoms with Crippen molar-refractivity contribution in [2.75, 3.05) is 11.9 Å². The van der Waals surface area contributed by atoms with Crippen LogP contribution in [0.5, 0.6) is 5.75 Å². The second kappa shape index (κ2) is 7.30. The Kier molecular flexibility index (Phi) is 4.68. The molecule has 1 aromatic carbocycles. The molecule has 1 aliphatic rings. The van der Waals surface area contributed by atoms with Crippen LogP contribution in [0.3, 0.4) is 0 Å². The van der Waals surface area contributed by atoms with E-state index in [1.165, 1.54) is 0 Å². The summed E-state index contributed by atoms with van der Waals surface area (Å²) >= 11 is 0. The van der Waals surface area contributed by atoms with Gasteiger partial charge in [-0.15, -0.1) is 10.2 Å². The monoisotopic (exact) mass is 379 g/mol. The Morgan fingerprint density at radius 3 is 2.96 bits per heavy atom. The van der Waals surface area contributed by atoms with Gasteiger partial charge < -0.3 is 15.4 Å². The lowest BCUT2D eigenvalue weighted by molar-refractivity contribution is -0.118. The minimum atomic E-state index is -0.299. The molecule has 3 aromatic rings. The molecule has 1 aliphatic heterocycles. The van der Waals surface area contributed by atoms with Crippen molar-refractivity contribution < 1.29 is 14.3 Å². The van der Waals surface area contributed by atoms with Crippen LogP contribution in [0.2, 0.25) is 0 Å². The molecular weight excluding hydrogens is 358 g/mol. The van der Waals surface area contributed by atoms with Crippen LogP contribution >= 0.6 is 0 Å². The summed E-state index contributed by atoms with van der Waals surface area (Å²) in [6.45, 7) is 4.16. The Labute approximate surface area is 161 Å². The summed E-state index contributed by atoms with van der Waals surface area (Å²) in [6, 6.07) is 10.4. The third-order valence-corrected chi connectivity index (χ3v) is 4.54. The average molecular weight is 379 g/mol. The summed E-state index contributed by atoms with van der Waals surface area (Å²) in [5.41, 5.74) is 1.67. The Morgan fingerprint density at radius 1 is 1.29 bits per heavy atom. The van der Waals surface area contributed by atoms with E-state index in [9.17, 15) is 9.59 Å². The van der Waals surface area contributed by atoms with Crippen LogP contribution in [-0.4, -0.2) is 33.0 Å². The van der Waals surface area contributed by atoms with Crippen molar-refractivity contribution >= 4 is 23.1 Å². The number of anilines is 1. The smallest absolute Gasteiger partial charge is 0.262 e. The molecule has 2 N–H and O–H groups in total. The fourth-order valence-corrected chi connectivity index (χ4v) is 3.26. The molecular formula is C20H21N5O3. The largest absolute Gasteiger partial charge is 0.482 e. The first-order valence-corrected chi connectivity index (χ1v) is 9.18. The van der Waals surface area contributed by atoms with E-state index in [1.807, 2.05) is 28.8 Å². The Morgan fingerprint density at radius 2 is 2.14 bits per heavy atom. The Hall–Kier alpha value is -3.42. The van der Waals surface area contributed by atoms with Gasteiger partial charge in [-0.2, -0.15) is 0 Å². The standard InChI is InChI=1S/C20H21N5O3/c1-12(2)9-15(19-24-23-17-5-3-4-8-25(17)19)22-20(27)13-6-7-16-14(10-13)21-18(26)11-28-16/h3-8,10,12,15H,9,11H2,1-2H3,(H,21,26)(H,22,27)/t15-/m1/s1. The van der Waals surface area contributed by atoms with Gasteiger partial charge in [0.2, 0.25) is 0 Å². The van der Waals surface area contributed by atoms with Crippen LogP contribution in [0, 0.1) is 5.92 Å². The lowest BCUT2D eigenvalue weighted by Gasteiger charge is -2.21. The van der Waals surface area contributed by atoms with Gasteiger partial charge in [0.25, 0.3) is 11.8 Å². The van der Waals surface area contributed by atoms with Gasteiger partial charge in [0.15, 0.2) is 18.1 Å². The predicted molar refractivity (Wildman–Crippen MR) is 103 cm³/mol. The molecule has 3 heterocycles. The third-order valence-electron chi connectivity index (χ3n) is 4.54. The molecule has 144 valence electrons. The van der Waals surface area contributed by atoms with Gasteiger partial charge in [-0.25, -0.2) is 0 Å². The normalized spacial score (nSPS) is 14.3. The number of carbonyl (C=O) groups is 2. The van der Waals surface area contributed by atoms with E-state index in [2.05, 4.69) is 34.7 Å². The number of amides is 2. The van der Waals surface area contributed by atoms with Gasteiger partial charge in [0.05, 0.1) is 11.7 Å². The number of nitrogens with zero attached hydrogens (tertiary/aromatic N) is 3. The van der Waals surface area contributed by atoms with Crippen molar-refractivity contribution in [2.24, 2.45) is 5.92 Å². The molecule has 0 fully saturated rings. The molecule has 2 amide bonds. The number of nitrogens with one attached hydrogen (secondary N) is 2. The second-order valence-electron chi connectivity index (χ2n) is 7.19. The first kappa shape index (κ1) is 18.0. The van der Waals surface area contributed by atoms with Crippen LogP contribution in [0.1, 0.15) is 42.5 Å². The summed E-state index contributed by atoms with van der Waals surface area (Å²) in [6.07, 6.45) is 2.60. The first-order chi connectivity index (χ1) is 13.5. The summed E-state index contributed by atoms with van der Waals surface area (Å²) in [5.74, 6) is 1.10. The highest BCUT2D eigenvalue weighted by molar-refractivity contribution is 5.99. The number of fused-ring (bicyclic) bond motifs is 2. The van der Waals surface area contributed by atoms with E-state index in [4.69, 9.17) is 4.74 Å². The minimum absolute atomic E-state index is 0.0189. The number of hydrogen-bond acceptors (Lipinski definition) is 5. The van der Waals surface area contributed by atoms with Crippen molar-refractivity contribution in [1.29, 1.82) is 0 Å². The third kappa shape index (κ3) is 3.53. The Balaban J connectivity index is 1.61. The van der Waals surface area contributed by atoms with Crippen LogP contribution in [0.15, 0.2) is 42.6 Å².